The van der Waals surface area contributed by atoms with E-state index in [0.29, 0.717) is 12.0 Å². The summed E-state index contributed by atoms with van der Waals surface area (Å²) in [5, 5.41) is 3.06. The van der Waals surface area contributed by atoms with Gasteiger partial charge in [-0.3, -0.25) is 4.90 Å². The molecule has 178 valence electrons. The third-order valence-corrected chi connectivity index (χ3v) is 6.97. The van der Waals surface area contributed by atoms with Crippen molar-refractivity contribution in [1.82, 2.24) is 9.80 Å². The van der Waals surface area contributed by atoms with E-state index in [4.69, 9.17) is 4.74 Å². The van der Waals surface area contributed by atoms with Gasteiger partial charge in [-0.15, -0.1) is 0 Å². The van der Waals surface area contributed by atoms with E-state index in [0.717, 1.165) is 61.6 Å². The SMILES string of the molecule is COc1cccc(NC(=O)N2CCCCN3C[C@H](c4ccc(C#Cc5ccccc5)cc4)[C@@H]3C2)c1. The zero-order chi connectivity index (χ0) is 24.0. The molecule has 1 N–H and O–H groups in total. The molecular weight excluding hydrogens is 434 g/mol. The average Bonchev–Trinajstić information content (AvgIpc) is 2.88. The van der Waals surface area contributed by atoms with Crippen molar-refractivity contribution in [2.75, 3.05) is 38.6 Å². The third kappa shape index (κ3) is 5.50. The molecule has 0 saturated carbocycles. The van der Waals surface area contributed by atoms with Gasteiger partial charge in [-0.05, 0) is 61.3 Å². The van der Waals surface area contributed by atoms with Crippen LogP contribution in [0.15, 0.2) is 78.9 Å². The van der Waals surface area contributed by atoms with E-state index in [2.05, 4.69) is 46.3 Å². The van der Waals surface area contributed by atoms with Crippen LogP contribution in [-0.2, 0) is 0 Å². The highest BCUT2D eigenvalue weighted by atomic mass is 16.5. The first kappa shape index (κ1) is 23.0. The van der Waals surface area contributed by atoms with Crippen molar-refractivity contribution in [3.63, 3.8) is 0 Å². The Labute approximate surface area is 207 Å². The quantitative estimate of drug-likeness (QED) is 0.542. The summed E-state index contributed by atoms with van der Waals surface area (Å²) in [7, 11) is 1.63. The molecule has 2 heterocycles. The molecule has 0 aromatic heterocycles. The number of anilines is 1. The molecule has 0 spiro atoms. The van der Waals surface area contributed by atoms with Crippen LogP contribution in [0.3, 0.4) is 0 Å². The van der Waals surface area contributed by atoms with E-state index in [-0.39, 0.29) is 6.03 Å². The van der Waals surface area contributed by atoms with Gasteiger partial charge in [-0.1, -0.05) is 48.2 Å². The molecule has 0 bridgehead atoms. The zero-order valence-electron chi connectivity index (χ0n) is 20.1. The van der Waals surface area contributed by atoms with Crippen LogP contribution in [0.25, 0.3) is 0 Å². The van der Waals surface area contributed by atoms with E-state index >= 15 is 0 Å². The summed E-state index contributed by atoms with van der Waals surface area (Å²) in [5.74, 6) is 7.65. The molecule has 2 aliphatic heterocycles. The first-order valence-corrected chi connectivity index (χ1v) is 12.3. The molecule has 35 heavy (non-hydrogen) atoms. The fourth-order valence-corrected chi connectivity index (χ4v) is 4.96. The topological polar surface area (TPSA) is 44.8 Å². The molecule has 0 unspecified atom stereocenters. The number of fused-ring (bicyclic) bond motifs is 1. The van der Waals surface area contributed by atoms with Crippen molar-refractivity contribution in [3.05, 3.63) is 95.6 Å². The Balaban J connectivity index is 1.25. The maximum Gasteiger partial charge on any atom is 0.321 e. The second kappa shape index (κ2) is 10.7. The standard InChI is InChI=1S/C30H31N3O2/c1-35-27-11-7-10-26(20-27)31-30(34)33-19-6-5-18-32-21-28(29(32)22-33)25-16-14-24(15-17-25)13-12-23-8-3-2-4-9-23/h2-4,7-11,14-17,20,28-29H,5-6,18-19,21-22H2,1H3,(H,31,34)/t28-,29+/m1/s1. The summed E-state index contributed by atoms with van der Waals surface area (Å²) < 4.78 is 5.29. The highest BCUT2D eigenvalue weighted by Gasteiger charge is 2.41. The monoisotopic (exact) mass is 465 g/mol. The summed E-state index contributed by atoms with van der Waals surface area (Å²) >= 11 is 0. The molecule has 0 aliphatic carbocycles. The van der Waals surface area contributed by atoms with E-state index in [1.807, 2.05) is 59.5 Å². The highest BCUT2D eigenvalue weighted by Crippen LogP contribution is 2.36. The molecule has 2 fully saturated rings. The first-order chi connectivity index (χ1) is 17.2. The summed E-state index contributed by atoms with van der Waals surface area (Å²) in [5.41, 5.74) is 4.12. The molecule has 0 radical (unpaired) electrons. The van der Waals surface area contributed by atoms with E-state index in [1.54, 1.807) is 7.11 Å². The lowest BCUT2D eigenvalue weighted by Gasteiger charge is -2.51. The van der Waals surface area contributed by atoms with Crippen LogP contribution in [0.1, 0.15) is 35.4 Å². The summed E-state index contributed by atoms with van der Waals surface area (Å²) in [6, 6.07) is 26.5. The number of rotatable bonds is 3. The molecule has 2 saturated heterocycles. The largest absolute Gasteiger partial charge is 0.497 e. The second-order valence-electron chi connectivity index (χ2n) is 9.22. The van der Waals surface area contributed by atoms with Crippen LogP contribution >= 0.6 is 0 Å². The van der Waals surface area contributed by atoms with Crippen LogP contribution in [0.2, 0.25) is 0 Å². The van der Waals surface area contributed by atoms with E-state index in [9.17, 15) is 4.79 Å². The minimum absolute atomic E-state index is 0.0442. The Morgan fingerprint density at radius 1 is 0.886 bits per heavy atom. The Morgan fingerprint density at radius 3 is 2.40 bits per heavy atom. The van der Waals surface area contributed by atoms with Gasteiger partial charge in [0.2, 0.25) is 0 Å². The van der Waals surface area contributed by atoms with Gasteiger partial charge < -0.3 is 15.0 Å². The molecule has 5 nitrogen and oxygen atoms in total. The second-order valence-corrected chi connectivity index (χ2v) is 9.22. The molecule has 3 aromatic carbocycles. The Hall–Kier alpha value is -3.75. The number of urea groups is 1. The number of nitrogens with zero attached hydrogens (tertiary/aromatic N) is 2. The lowest BCUT2D eigenvalue weighted by atomic mass is 9.81. The summed E-state index contributed by atoms with van der Waals surface area (Å²) in [4.78, 5) is 17.6. The molecule has 2 amide bonds. The van der Waals surface area contributed by atoms with Crippen LogP contribution in [0, 0.1) is 11.8 Å². The Morgan fingerprint density at radius 2 is 1.63 bits per heavy atom. The highest BCUT2D eigenvalue weighted by molar-refractivity contribution is 5.89. The van der Waals surface area contributed by atoms with Crippen molar-refractivity contribution < 1.29 is 9.53 Å². The number of ether oxygens (including phenoxy) is 1. The zero-order valence-corrected chi connectivity index (χ0v) is 20.1. The number of amides is 2. The molecule has 2 aliphatic rings. The van der Waals surface area contributed by atoms with E-state index < -0.39 is 0 Å². The molecule has 5 rings (SSSR count). The van der Waals surface area contributed by atoms with Gasteiger partial charge in [0.25, 0.3) is 0 Å². The minimum atomic E-state index is -0.0442. The van der Waals surface area contributed by atoms with Gasteiger partial charge >= 0.3 is 6.03 Å². The smallest absolute Gasteiger partial charge is 0.321 e. The van der Waals surface area contributed by atoms with Gasteiger partial charge in [-0.2, -0.15) is 0 Å². The first-order valence-electron chi connectivity index (χ1n) is 12.3. The maximum atomic E-state index is 13.1. The fourth-order valence-electron chi connectivity index (χ4n) is 4.96. The van der Waals surface area contributed by atoms with Crippen molar-refractivity contribution in [3.8, 4) is 17.6 Å². The van der Waals surface area contributed by atoms with Crippen LogP contribution in [0.4, 0.5) is 10.5 Å². The van der Waals surface area contributed by atoms with Crippen molar-refractivity contribution >= 4 is 11.7 Å². The summed E-state index contributed by atoms with van der Waals surface area (Å²) in [6.45, 7) is 3.66. The predicted octanol–water partition coefficient (Wildman–Crippen LogP) is 5.19. The van der Waals surface area contributed by atoms with Gasteiger partial charge in [-0.25, -0.2) is 4.79 Å². The number of benzene rings is 3. The number of hydrogen-bond acceptors (Lipinski definition) is 3. The molecule has 2 atom stereocenters. The molecular formula is C30H31N3O2. The number of carbonyl (C=O) groups excluding carboxylic acids is 1. The van der Waals surface area contributed by atoms with Crippen molar-refractivity contribution in [1.29, 1.82) is 0 Å². The van der Waals surface area contributed by atoms with Gasteiger partial charge in [0, 0.05) is 54.5 Å². The maximum absolute atomic E-state index is 13.1. The number of carbonyl (C=O) groups is 1. The van der Waals surface area contributed by atoms with Crippen LogP contribution < -0.4 is 10.1 Å². The Kier molecular flexibility index (Phi) is 7.02. The van der Waals surface area contributed by atoms with Crippen molar-refractivity contribution in [2.45, 2.75) is 24.8 Å². The number of nitrogens with one attached hydrogen (secondary N) is 1. The number of methoxy groups -OCH3 is 1. The minimum Gasteiger partial charge on any atom is -0.497 e. The normalized spacial score (nSPS) is 19.7. The van der Waals surface area contributed by atoms with Crippen LogP contribution in [-0.4, -0.2) is 55.2 Å². The third-order valence-electron chi connectivity index (χ3n) is 6.97. The lowest BCUT2D eigenvalue weighted by molar-refractivity contribution is 0.0272. The average molecular weight is 466 g/mol. The molecule has 3 aromatic rings. The van der Waals surface area contributed by atoms with Gasteiger partial charge in [0.15, 0.2) is 0 Å². The van der Waals surface area contributed by atoms with Crippen LogP contribution in [0.5, 0.6) is 5.75 Å². The van der Waals surface area contributed by atoms with E-state index in [1.165, 1.54) is 5.56 Å². The molecule has 5 heteroatoms. The summed E-state index contributed by atoms with van der Waals surface area (Å²) in [6.07, 6.45) is 2.13. The van der Waals surface area contributed by atoms with Crippen molar-refractivity contribution in [2.24, 2.45) is 0 Å². The lowest BCUT2D eigenvalue weighted by Crippen LogP contribution is -2.61. The predicted molar refractivity (Wildman–Crippen MR) is 140 cm³/mol. The Bertz CT molecular complexity index is 1210. The van der Waals surface area contributed by atoms with Gasteiger partial charge in [0.1, 0.15) is 5.75 Å². The number of hydrogen-bond donors (Lipinski definition) is 1. The fraction of sp³-hybridized carbons (Fsp3) is 0.300. The van der Waals surface area contributed by atoms with Gasteiger partial charge in [0.05, 0.1) is 7.11 Å².